The molecule has 0 aliphatic rings. The average Bonchev–Trinajstić information content (AvgIpc) is 2.72. The minimum atomic E-state index is -3.26. The van der Waals surface area contributed by atoms with Crippen molar-refractivity contribution in [1.29, 1.82) is 0 Å². The average molecular weight is 336 g/mol. The van der Waals surface area contributed by atoms with Crippen LogP contribution in [0.25, 0.3) is 0 Å². The Balaban J connectivity index is 2.20. The lowest BCUT2D eigenvalue weighted by Crippen LogP contribution is -2.07. The highest BCUT2D eigenvalue weighted by atomic mass is 35.5. The summed E-state index contributed by atoms with van der Waals surface area (Å²) in [7, 11) is -3.26. The first-order chi connectivity index (χ1) is 9.35. The molecule has 0 fully saturated rings. The second kappa shape index (κ2) is 6.02. The maximum Gasteiger partial charge on any atom is 0.151 e. The quantitative estimate of drug-likeness (QED) is 0.908. The first-order valence-corrected chi connectivity index (χ1v) is 8.73. The number of aromatic nitrogens is 2. The molecule has 2 aromatic rings. The number of halogens is 2. The minimum Gasteiger partial charge on any atom is -0.379 e. The predicted octanol–water partition coefficient (Wildman–Crippen LogP) is 2.49. The van der Waals surface area contributed by atoms with Gasteiger partial charge in [0.1, 0.15) is 15.8 Å². The highest BCUT2D eigenvalue weighted by Crippen LogP contribution is 2.22. The van der Waals surface area contributed by atoms with Gasteiger partial charge in [-0.2, -0.15) is 0 Å². The van der Waals surface area contributed by atoms with Crippen molar-refractivity contribution in [3.05, 3.63) is 39.6 Å². The summed E-state index contributed by atoms with van der Waals surface area (Å²) in [5.74, 6) is -0.724. The molecule has 0 aliphatic carbocycles. The topological polar surface area (TPSA) is 72.0 Å². The lowest BCUT2D eigenvalue weighted by atomic mass is 10.2. The lowest BCUT2D eigenvalue weighted by molar-refractivity contribution is 0.600. The summed E-state index contributed by atoms with van der Waals surface area (Å²) < 4.78 is 40.1. The zero-order chi connectivity index (χ0) is 14.8. The fourth-order valence-corrected chi connectivity index (χ4v) is 3.05. The van der Waals surface area contributed by atoms with E-state index in [0.29, 0.717) is 21.3 Å². The van der Waals surface area contributed by atoms with Crippen molar-refractivity contribution < 1.29 is 12.8 Å². The van der Waals surface area contributed by atoms with Crippen molar-refractivity contribution in [1.82, 2.24) is 9.59 Å². The molecule has 0 amide bonds. The van der Waals surface area contributed by atoms with Crippen LogP contribution >= 0.6 is 23.1 Å². The number of hydrogen-bond acceptors (Lipinski definition) is 6. The fraction of sp³-hybridized carbons (Fsp3) is 0.273. The molecule has 5 nitrogen and oxygen atoms in total. The van der Waals surface area contributed by atoms with Crippen molar-refractivity contribution in [3.63, 3.8) is 0 Å². The molecule has 2 rings (SSSR count). The maximum absolute atomic E-state index is 13.2. The molecule has 1 aromatic heterocycles. The van der Waals surface area contributed by atoms with E-state index in [1.165, 1.54) is 18.2 Å². The van der Waals surface area contributed by atoms with Crippen LogP contribution in [0.4, 0.5) is 10.1 Å². The van der Waals surface area contributed by atoms with Crippen LogP contribution < -0.4 is 5.32 Å². The van der Waals surface area contributed by atoms with Crippen molar-refractivity contribution in [2.24, 2.45) is 0 Å². The molecule has 20 heavy (non-hydrogen) atoms. The third-order valence-corrected chi connectivity index (χ3v) is 4.26. The Morgan fingerprint density at radius 3 is 2.80 bits per heavy atom. The molecular weight excluding hydrogens is 325 g/mol. The molecule has 0 bridgehead atoms. The zero-order valence-electron chi connectivity index (χ0n) is 10.4. The maximum atomic E-state index is 13.2. The van der Waals surface area contributed by atoms with Crippen LogP contribution in [0.15, 0.2) is 18.2 Å². The molecule has 108 valence electrons. The largest absolute Gasteiger partial charge is 0.379 e. The Kier molecular flexibility index (Phi) is 4.56. The van der Waals surface area contributed by atoms with E-state index in [1.807, 2.05) is 0 Å². The van der Waals surface area contributed by atoms with E-state index in [0.717, 1.165) is 17.8 Å². The number of nitrogens with one attached hydrogen (secondary N) is 1. The highest BCUT2D eigenvalue weighted by Gasteiger charge is 2.12. The second-order valence-corrected chi connectivity index (χ2v) is 7.71. The van der Waals surface area contributed by atoms with Gasteiger partial charge in [-0.25, -0.2) is 12.8 Å². The van der Waals surface area contributed by atoms with Gasteiger partial charge in [-0.3, -0.25) is 0 Å². The standard InChI is InChI=1S/C11H11ClFN3O2S2/c1-20(17,18)6-7-4-8(13)2-3-9(7)14-5-10-11(12)19-16-15-10/h2-4,14H,5-6H2,1H3. The third kappa shape index (κ3) is 4.12. The van der Waals surface area contributed by atoms with E-state index >= 15 is 0 Å². The van der Waals surface area contributed by atoms with Gasteiger partial charge in [-0.05, 0) is 23.8 Å². The van der Waals surface area contributed by atoms with Gasteiger partial charge in [0.25, 0.3) is 0 Å². The van der Waals surface area contributed by atoms with E-state index in [-0.39, 0.29) is 12.3 Å². The number of sulfone groups is 1. The van der Waals surface area contributed by atoms with Crippen molar-refractivity contribution >= 4 is 38.7 Å². The van der Waals surface area contributed by atoms with Gasteiger partial charge in [-0.15, -0.1) is 5.10 Å². The van der Waals surface area contributed by atoms with Crippen molar-refractivity contribution in [2.75, 3.05) is 11.6 Å². The van der Waals surface area contributed by atoms with Gasteiger partial charge in [0.05, 0.1) is 12.3 Å². The van der Waals surface area contributed by atoms with Crippen LogP contribution in [-0.2, 0) is 22.1 Å². The van der Waals surface area contributed by atoms with E-state index in [1.54, 1.807) is 0 Å². The van der Waals surface area contributed by atoms with E-state index in [2.05, 4.69) is 14.9 Å². The lowest BCUT2D eigenvalue weighted by Gasteiger charge is -2.10. The van der Waals surface area contributed by atoms with Crippen LogP contribution in [0.2, 0.25) is 4.34 Å². The Morgan fingerprint density at radius 1 is 1.45 bits per heavy atom. The molecule has 0 saturated heterocycles. The Morgan fingerprint density at radius 2 is 2.20 bits per heavy atom. The molecule has 9 heteroatoms. The van der Waals surface area contributed by atoms with Crippen LogP contribution in [-0.4, -0.2) is 24.3 Å². The Labute approximate surface area is 124 Å². The van der Waals surface area contributed by atoms with Gasteiger partial charge in [-0.1, -0.05) is 16.1 Å². The number of nitrogens with zero attached hydrogens (tertiary/aromatic N) is 2. The number of anilines is 1. The van der Waals surface area contributed by atoms with Crippen LogP contribution in [0.3, 0.4) is 0 Å². The molecule has 0 aliphatic heterocycles. The molecule has 0 radical (unpaired) electrons. The normalized spacial score (nSPS) is 11.6. The zero-order valence-corrected chi connectivity index (χ0v) is 12.8. The van der Waals surface area contributed by atoms with Crippen LogP contribution in [0, 0.1) is 5.82 Å². The van der Waals surface area contributed by atoms with E-state index in [9.17, 15) is 12.8 Å². The highest BCUT2D eigenvalue weighted by molar-refractivity contribution is 7.89. The van der Waals surface area contributed by atoms with Gasteiger partial charge in [0.15, 0.2) is 9.84 Å². The van der Waals surface area contributed by atoms with Gasteiger partial charge in [0, 0.05) is 23.5 Å². The fourth-order valence-electron chi connectivity index (χ4n) is 1.62. The molecule has 1 heterocycles. The number of benzene rings is 1. The molecule has 0 saturated carbocycles. The van der Waals surface area contributed by atoms with Gasteiger partial charge in [0.2, 0.25) is 0 Å². The van der Waals surface area contributed by atoms with Crippen LogP contribution in [0.1, 0.15) is 11.3 Å². The first-order valence-electron chi connectivity index (χ1n) is 5.52. The predicted molar refractivity (Wildman–Crippen MR) is 77.2 cm³/mol. The Hall–Kier alpha value is -1.25. The molecule has 1 aromatic carbocycles. The molecular formula is C11H11ClFN3O2S2. The van der Waals surface area contributed by atoms with Crippen LogP contribution in [0.5, 0.6) is 0 Å². The Bertz CT molecular complexity index is 718. The van der Waals surface area contributed by atoms with E-state index in [4.69, 9.17) is 11.6 Å². The summed E-state index contributed by atoms with van der Waals surface area (Å²) in [6.45, 7) is 0.289. The molecule has 0 atom stereocenters. The number of rotatable bonds is 5. The van der Waals surface area contributed by atoms with Crippen molar-refractivity contribution in [3.8, 4) is 0 Å². The SMILES string of the molecule is CS(=O)(=O)Cc1cc(F)ccc1NCc1nnsc1Cl. The summed E-state index contributed by atoms with van der Waals surface area (Å²) in [5.41, 5.74) is 1.46. The minimum absolute atomic E-state index is 0.240. The summed E-state index contributed by atoms with van der Waals surface area (Å²) in [4.78, 5) is 0. The summed E-state index contributed by atoms with van der Waals surface area (Å²) in [6.07, 6.45) is 1.10. The summed E-state index contributed by atoms with van der Waals surface area (Å²) >= 11 is 6.94. The van der Waals surface area contributed by atoms with E-state index < -0.39 is 15.7 Å². The molecule has 1 N–H and O–H groups in total. The summed E-state index contributed by atoms with van der Waals surface area (Å²) in [6, 6.07) is 3.95. The number of hydrogen-bond donors (Lipinski definition) is 1. The molecule has 0 unspecified atom stereocenters. The molecule has 0 spiro atoms. The smallest absolute Gasteiger partial charge is 0.151 e. The first kappa shape index (κ1) is 15.1. The monoisotopic (exact) mass is 335 g/mol. The van der Waals surface area contributed by atoms with Gasteiger partial charge >= 0.3 is 0 Å². The van der Waals surface area contributed by atoms with Gasteiger partial charge < -0.3 is 5.32 Å². The summed E-state index contributed by atoms with van der Waals surface area (Å²) in [5, 5.41) is 6.83. The second-order valence-electron chi connectivity index (χ2n) is 4.22. The van der Waals surface area contributed by atoms with Crippen molar-refractivity contribution in [2.45, 2.75) is 12.3 Å². The third-order valence-electron chi connectivity index (χ3n) is 2.44.